The predicted octanol–water partition coefficient (Wildman–Crippen LogP) is 4.82. The Morgan fingerprint density at radius 2 is 1.79 bits per heavy atom. The maximum atomic E-state index is 13.1. The number of benzene rings is 2. The van der Waals surface area contributed by atoms with Crippen molar-refractivity contribution in [1.82, 2.24) is 24.9 Å². The second kappa shape index (κ2) is 9.19. The molecule has 4 aromatic rings. The van der Waals surface area contributed by atoms with Gasteiger partial charge >= 0.3 is 0 Å². The number of aromatic amines is 1. The lowest BCUT2D eigenvalue weighted by molar-refractivity contribution is 0.317. The fourth-order valence-electron chi connectivity index (χ4n) is 4.26. The van der Waals surface area contributed by atoms with Crippen LogP contribution < -0.4 is 10.0 Å². The number of H-pyrrole nitrogens is 1. The Morgan fingerprint density at radius 3 is 2.50 bits per heavy atom. The zero-order chi connectivity index (χ0) is 23.7. The molecule has 2 heterocycles. The van der Waals surface area contributed by atoms with Gasteiger partial charge in [0.15, 0.2) is 0 Å². The summed E-state index contributed by atoms with van der Waals surface area (Å²) in [5.74, 6) is 2.24. The lowest BCUT2D eigenvalue weighted by atomic mass is 9.86. The highest BCUT2D eigenvalue weighted by Crippen LogP contribution is 2.33. The summed E-state index contributed by atoms with van der Waals surface area (Å²) >= 11 is 0. The largest absolute Gasteiger partial charge is 0.425 e. The van der Waals surface area contributed by atoms with Gasteiger partial charge in [0.05, 0.1) is 15.9 Å². The van der Waals surface area contributed by atoms with E-state index in [1.54, 1.807) is 18.2 Å². The van der Waals surface area contributed by atoms with Gasteiger partial charge in [0.1, 0.15) is 0 Å². The minimum absolute atomic E-state index is 0.126. The zero-order valence-corrected chi connectivity index (χ0v) is 20.0. The number of hydrogen-bond donors (Lipinski definition) is 3. The zero-order valence-electron chi connectivity index (χ0n) is 19.2. The van der Waals surface area contributed by atoms with Crippen LogP contribution in [-0.2, 0) is 10.0 Å². The number of para-hydroxylation sites is 1. The molecule has 0 unspecified atom stereocenters. The standard InChI is InChI=1S/C24H28N6O3S/c1-15(2)22-28-29-23(33-22)16-8-10-18(11-9-16)30-34(31,32)19-12-13-20-21(14-19)27-24(26-20)25-17-6-4-3-5-7-17/h3-7,12-16,18,30H,8-11H2,1-2H3,(H2,25,26,27)/t16-,18-. The SMILES string of the molecule is CC(C)c1nnc([C@H]2CC[C@H](NS(=O)(=O)c3ccc4[nH]c(Nc5ccccc5)nc4c3)CC2)o1. The molecule has 5 rings (SSSR count). The smallest absolute Gasteiger partial charge is 0.240 e. The summed E-state index contributed by atoms with van der Waals surface area (Å²) in [6, 6.07) is 14.5. The van der Waals surface area contributed by atoms with Crippen molar-refractivity contribution in [1.29, 1.82) is 0 Å². The molecule has 0 amide bonds. The Hall–Kier alpha value is -3.24. The average molecular weight is 481 g/mol. The van der Waals surface area contributed by atoms with E-state index in [2.05, 4.69) is 30.2 Å². The van der Waals surface area contributed by atoms with Gasteiger partial charge in [0.25, 0.3) is 0 Å². The molecule has 1 saturated carbocycles. The molecule has 2 aromatic carbocycles. The molecule has 0 saturated heterocycles. The summed E-state index contributed by atoms with van der Waals surface area (Å²) in [5.41, 5.74) is 2.24. The number of hydrogen-bond acceptors (Lipinski definition) is 7. The molecular weight excluding hydrogens is 452 g/mol. The highest BCUT2D eigenvalue weighted by atomic mass is 32.2. The van der Waals surface area contributed by atoms with Crippen LogP contribution in [0, 0.1) is 0 Å². The molecule has 34 heavy (non-hydrogen) atoms. The molecular formula is C24H28N6O3S. The fraction of sp³-hybridized carbons (Fsp3) is 0.375. The highest BCUT2D eigenvalue weighted by molar-refractivity contribution is 7.89. The normalized spacial score (nSPS) is 19.0. The molecule has 178 valence electrons. The summed E-state index contributed by atoms with van der Waals surface area (Å²) in [5, 5.41) is 11.5. The van der Waals surface area contributed by atoms with E-state index in [0.29, 0.717) is 23.2 Å². The second-order valence-corrected chi connectivity index (χ2v) is 10.8. The van der Waals surface area contributed by atoms with Crippen LogP contribution >= 0.6 is 0 Å². The summed E-state index contributed by atoms with van der Waals surface area (Å²) in [7, 11) is -3.67. The summed E-state index contributed by atoms with van der Waals surface area (Å²) in [4.78, 5) is 7.89. The van der Waals surface area contributed by atoms with E-state index < -0.39 is 10.0 Å². The Labute approximate surface area is 198 Å². The third-order valence-electron chi connectivity index (χ3n) is 6.15. The van der Waals surface area contributed by atoms with Gasteiger partial charge in [0.2, 0.25) is 27.8 Å². The Kier molecular flexibility index (Phi) is 6.09. The van der Waals surface area contributed by atoms with Crippen LogP contribution in [0.2, 0.25) is 0 Å². The van der Waals surface area contributed by atoms with Crippen LogP contribution in [0.15, 0.2) is 57.8 Å². The van der Waals surface area contributed by atoms with Crippen LogP contribution in [0.3, 0.4) is 0 Å². The lowest BCUT2D eigenvalue weighted by Gasteiger charge is -2.27. The maximum Gasteiger partial charge on any atom is 0.240 e. The number of sulfonamides is 1. The van der Waals surface area contributed by atoms with Crippen molar-refractivity contribution in [3.63, 3.8) is 0 Å². The van der Waals surface area contributed by atoms with Gasteiger partial charge in [-0.2, -0.15) is 0 Å². The molecule has 2 aromatic heterocycles. The topological polar surface area (TPSA) is 126 Å². The number of anilines is 2. The Bertz CT molecular complexity index is 1370. The molecule has 0 radical (unpaired) electrons. The summed E-state index contributed by atoms with van der Waals surface area (Å²) < 4.78 is 34.8. The van der Waals surface area contributed by atoms with Crippen LogP contribution in [0.5, 0.6) is 0 Å². The van der Waals surface area contributed by atoms with E-state index in [0.717, 1.165) is 36.9 Å². The van der Waals surface area contributed by atoms with Gasteiger partial charge in [0, 0.05) is 23.6 Å². The average Bonchev–Trinajstić information content (AvgIpc) is 3.47. The van der Waals surface area contributed by atoms with Crippen molar-refractivity contribution in [3.05, 3.63) is 60.3 Å². The van der Waals surface area contributed by atoms with E-state index in [9.17, 15) is 8.42 Å². The minimum atomic E-state index is -3.67. The first-order valence-electron chi connectivity index (χ1n) is 11.5. The highest BCUT2D eigenvalue weighted by Gasteiger charge is 2.29. The van der Waals surface area contributed by atoms with Crippen molar-refractivity contribution < 1.29 is 12.8 Å². The third kappa shape index (κ3) is 4.83. The monoisotopic (exact) mass is 480 g/mol. The number of nitrogens with one attached hydrogen (secondary N) is 3. The van der Waals surface area contributed by atoms with Crippen LogP contribution in [-0.4, -0.2) is 34.6 Å². The molecule has 0 aliphatic heterocycles. The molecule has 3 N–H and O–H groups in total. The van der Waals surface area contributed by atoms with E-state index in [4.69, 9.17) is 4.42 Å². The second-order valence-electron chi connectivity index (χ2n) is 9.06. The molecule has 0 atom stereocenters. The molecule has 1 fully saturated rings. The van der Waals surface area contributed by atoms with Gasteiger partial charge in [-0.1, -0.05) is 32.0 Å². The quantitative estimate of drug-likeness (QED) is 0.346. The third-order valence-corrected chi connectivity index (χ3v) is 7.67. The number of imidazole rings is 1. The Morgan fingerprint density at radius 1 is 1.03 bits per heavy atom. The van der Waals surface area contributed by atoms with Gasteiger partial charge in [-0.3, -0.25) is 0 Å². The number of fused-ring (bicyclic) bond motifs is 1. The molecule has 0 bridgehead atoms. The molecule has 1 aliphatic carbocycles. The number of rotatable bonds is 7. The van der Waals surface area contributed by atoms with Gasteiger partial charge in [-0.15, -0.1) is 10.2 Å². The number of aromatic nitrogens is 4. The van der Waals surface area contributed by atoms with Crippen LogP contribution in [0.1, 0.15) is 63.1 Å². The predicted molar refractivity (Wildman–Crippen MR) is 130 cm³/mol. The van der Waals surface area contributed by atoms with E-state index in [1.165, 1.54) is 0 Å². The van der Waals surface area contributed by atoms with Crippen molar-refractivity contribution >= 4 is 32.7 Å². The molecule has 9 nitrogen and oxygen atoms in total. The van der Waals surface area contributed by atoms with Crippen molar-refractivity contribution in [2.75, 3.05) is 5.32 Å². The van der Waals surface area contributed by atoms with Crippen LogP contribution in [0.25, 0.3) is 11.0 Å². The first-order chi connectivity index (χ1) is 16.4. The molecule has 0 spiro atoms. The van der Waals surface area contributed by atoms with Crippen molar-refractivity contribution in [3.8, 4) is 0 Å². The van der Waals surface area contributed by atoms with Crippen molar-refractivity contribution in [2.45, 2.75) is 62.3 Å². The maximum absolute atomic E-state index is 13.1. The first kappa shape index (κ1) is 22.5. The number of nitrogens with zero attached hydrogens (tertiary/aromatic N) is 3. The van der Waals surface area contributed by atoms with Crippen molar-refractivity contribution in [2.24, 2.45) is 0 Å². The van der Waals surface area contributed by atoms with Gasteiger partial charge < -0.3 is 14.7 Å². The lowest BCUT2D eigenvalue weighted by Crippen LogP contribution is -2.37. The van der Waals surface area contributed by atoms with E-state index >= 15 is 0 Å². The van der Waals surface area contributed by atoms with E-state index in [1.807, 2.05) is 44.2 Å². The van der Waals surface area contributed by atoms with Gasteiger partial charge in [-0.25, -0.2) is 18.1 Å². The summed E-state index contributed by atoms with van der Waals surface area (Å²) in [6.45, 7) is 4.04. The first-order valence-corrected chi connectivity index (χ1v) is 13.0. The van der Waals surface area contributed by atoms with Gasteiger partial charge in [-0.05, 0) is 56.0 Å². The molecule has 10 heteroatoms. The summed E-state index contributed by atoms with van der Waals surface area (Å²) in [6.07, 6.45) is 3.05. The fourth-order valence-corrected chi connectivity index (χ4v) is 5.59. The Balaban J connectivity index is 1.24. The molecule has 1 aliphatic rings. The minimum Gasteiger partial charge on any atom is -0.425 e. The van der Waals surface area contributed by atoms with E-state index in [-0.39, 0.29) is 22.8 Å². The van der Waals surface area contributed by atoms with Crippen LogP contribution in [0.4, 0.5) is 11.6 Å².